The molecule has 0 aliphatic rings. The average molecular weight is 414 g/mol. The van der Waals surface area contributed by atoms with Crippen LogP contribution in [0.2, 0.25) is 0 Å². The smallest absolute Gasteiger partial charge is 0.240 e. The SMILES string of the molecule is CN=C(NCC(=O)NC(C)(C)C)NCc1cccc(S(=O)(=O)NCCOC)c1. The molecular weight excluding hydrogens is 382 g/mol. The van der Waals surface area contributed by atoms with Crippen LogP contribution in [0.15, 0.2) is 34.2 Å². The lowest BCUT2D eigenvalue weighted by Gasteiger charge is -2.21. The third-order valence-electron chi connectivity index (χ3n) is 3.42. The first kappa shape index (κ1) is 23.9. The summed E-state index contributed by atoms with van der Waals surface area (Å²) in [7, 11) is -0.492. The molecule has 0 heterocycles. The highest BCUT2D eigenvalue weighted by Gasteiger charge is 2.15. The van der Waals surface area contributed by atoms with Gasteiger partial charge in [0.05, 0.1) is 18.0 Å². The summed E-state index contributed by atoms with van der Waals surface area (Å²) in [4.78, 5) is 16.1. The first-order valence-electron chi connectivity index (χ1n) is 8.90. The van der Waals surface area contributed by atoms with Gasteiger partial charge in [-0.05, 0) is 38.5 Å². The number of carbonyl (C=O) groups excluding carboxylic acids is 1. The van der Waals surface area contributed by atoms with Gasteiger partial charge in [-0.2, -0.15) is 0 Å². The highest BCUT2D eigenvalue weighted by atomic mass is 32.2. The minimum absolute atomic E-state index is 0.0782. The Morgan fingerprint density at radius 2 is 1.93 bits per heavy atom. The van der Waals surface area contributed by atoms with Gasteiger partial charge in [0.25, 0.3) is 0 Å². The standard InChI is InChI=1S/C18H31N5O4S/c1-18(2,3)23-16(24)13-21-17(19-4)20-12-14-7-6-8-15(11-14)28(25,26)22-9-10-27-5/h6-8,11,22H,9-10,12-13H2,1-5H3,(H,23,24)(H2,19,20,21). The van der Waals surface area contributed by atoms with E-state index in [1.165, 1.54) is 13.2 Å². The van der Waals surface area contributed by atoms with Crippen LogP contribution < -0.4 is 20.7 Å². The van der Waals surface area contributed by atoms with Gasteiger partial charge in [0.1, 0.15) is 0 Å². The third-order valence-corrected chi connectivity index (χ3v) is 4.88. The van der Waals surface area contributed by atoms with Crippen molar-refractivity contribution in [3.63, 3.8) is 0 Å². The Bertz CT molecular complexity index is 772. The van der Waals surface area contributed by atoms with Crippen molar-refractivity contribution < 1.29 is 17.9 Å². The van der Waals surface area contributed by atoms with Crippen LogP contribution in [0.1, 0.15) is 26.3 Å². The number of hydrogen-bond acceptors (Lipinski definition) is 5. The molecule has 0 aliphatic carbocycles. The molecule has 0 saturated heterocycles. The zero-order chi connectivity index (χ0) is 21.2. The number of carbonyl (C=O) groups is 1. The van der Waals surface area contributed by atoms with E-state index in [1.54, 1.807) is 25.2 Å². The van der Waals surface area contributed by atoms with Crippen molar-refractivity contribution in [2.45, 2.75) is 37.8 Å². The second-order valence-electron chi connectivity index (χ2n) is 7.12. The molecule has 0 saturated carbocycles. The summed E-state index contributed by atoms with van der Waals surface area (Å²) in [5.41, 5.74) is 0.454. The van der Waals surface area contributed by atoms with Crippen LogP contribution in [0.5, 0.6) is 0 Å². The van der Waals surface area contributed by atoms with E-state index in [1.807, 2.05) is 20.8 Å². The van der Waals surface area contributed by atoms with E-state index in [2.05, 4.69) is 25.7 Å². The molecule has 28 heavy (non-hydrogen) atoms. The zero-order valence-corrected chi connectivity index (χ0v) is 17.9. The van der Waals surface area contributed by atoms with Crippen molar-refractivity contribution in [3.05, 3.63) is 29.8 Å². The van der Waals surface area contributed by atoms with Crippen molar-refractivity contribution in [3.8, 4) is 0 Å². The van der Waals surface area contributed by atoms with Gasteiger partial charge in [-0.3, -0.25) is 9.79 Å². The maximum atomic E-state index is 12.3. The van der Waals surface area contributed by atoms with Crippen molar-refractivity contribution in [1.82, 2.24) is 20.7 Å². The minimum Gasteiger partial charge on any atom is -0.383 e. The topological polar surface area (TPSA) is 121 Å². The Hall–Kier alpha value is -2.17. The number of nitrogens with zero attached hydrogens (tertiary/aromatic N) is 1. The molecule has 0 bridgehead atoms. The van der Waals surface area contributed by atoms with E-state index < -0.39 is 10.0 Å². The van der Waals surface area contributed by atoms with Crippen LogP contribution in [0.25, 0.3) is 0 Å². The fourth-order valence-electron chi connectivity index (χ4n) is 2.22. The van der Waals surface area contributed by atoms with Gasteiger partial charge in [-0.25, -0.2) is 13.1 Å². The largest absolute Gasteiger partial charge is 0.383 e. The molecule has 0 aromatic heterocycles. The number of benzene rings is 1. The first-order valence-corrected chi connectivity index (χ1v) is 10.4. The van der Waals surface area contributed by atoms with Gasteiger partial charge < -0.3 is 20.7 Å². The summed E-state index contributed by atoms with van der Waals surface area (Å²) in [6.45, 7) is 6.64. The lowest BCUT2D eigenvalue weighted by atomic mass is 10.1. The summed E-state index contributed by atoms with van der Waals surface area (Å²) in [5.74, 6) is 0.293. The molecule has 0 radical (unpaired) electrons. The number of methoxy groups -OCH3 is 1. The van der Waals surface area contributed by atoms with Crippen LogP contribution in [0, 0.1) is 0 Å². The number of nitrogens with one attached hydrogen (secondary N) is 4. The fourth-order valence-corrected chi connectivity index (χ4v) is 3.30. The molecule has 0 unspecified atom stereocenters. The molecule has 158 valence electrons. The van der Waals surface area contributed by atoms with E-state index in [9.17, 15) is 13.2 Å². The predicted molar refractivity (Wildman–Crippen MR) is 110 cm³/mol. The van der Waals surface area contributed by atoms with Crippen molar-refractivity contribution >= 4 is 21.9 Å². The van der Waals surface area contributed by atoms with Crippen molar-refractivity contribution in [2.75, 3.05) is 33.9 Å². The normalized spacial score (nSPS) is 12.5. The Labute approximate surface area is 167 Å². The summed E-state index contributed by atoms with van der Waals surface area (Å²) >= 11 is 0. The number of sulfonamides is 1. The number of guanidine groups is 1. The monoisotopic (exact) mass is 413 g/mol. The van der Waals surface area contributed by atoms with E-state index >= 15 is 0 Å². The maximum absolute atomic E-state index is 12.3. The molecule has 1 rings (SSSR count). The van der Waals surface area contributed by atoms with Gasteiger partial charge in [0, 0.05) is 32.8 Å². The number of amides is 1. The number of aliphatic imine (C=N–C) groups is 1. The van der Waals surface area contributed by atoms with Gasteiger partial charge in [-0.1, -0.05) is 12.1 Å². The molecule has 4 N–H and O–H groups in total. The fraction of sp³-hybridized carbons (Fsp3) is 0.556. The highest BCUT2D eigenvalue weighted by Crippen LogP contribution is 2.11. The van der Waals surface area contributed by atoms with Crippen LogP contribution in [0.4, 0.5) is 0 Å². The van der Waals surface area contributed by atoms with Crippen LogP contribution in [-0.4, -0.2) is 59.7 Å². The van der Waals surface area contributed by atoms with Crippen LogP contribution in [-0.2, 0) is 26.1 Å². The Kier molecular flexibility index (Phi) is 9.36. The van der Waals surface area contributed by atoms with Crippen LogP contribution >= 0.6 is 0 Å². The van der Waals surface area contributed by atoms with Crippen LogP contribution in [0.3, 0.4) is 0 Å². The molecular formula is C18H31N5O4S. The molecule has 0 spiro atoms. The maximum Gasteiger partial charge on any atom is 0.240 e. The molecule has 0 atom stereocenters. The molecule has 10 heteroatoms. The van der Waals surface area contributed by atoms with Gasteiger partial charge >= 0.3 is 0 Å². The van der Waals surface area contributed by atoms with Crippen molar-refractivity contribution in [2.24, 2.45) is 4.99 Å². The molecule has 1 amide bonds. The summed E-state index contributed by atoms with van der Waals surface area (Å²) in [5, 5.41) is 8.83. The van der Waals surface area contributed by atoms with E-state index in [-0.39, 0.29) is 29.4 Å². The average Bonchev–Trinajstić information content (AvgIpc) is 2.61. The number of hydrogen-bond donors (Lipinski definition) is 4. The van der Waals surface area contributed by atoms with E-state index in [0.29, 0.717) is 19.1 Å². The molecule has 1 aromatic rings. The molecule has 0 fully saturated rings. The van der Waals surface area contributed by atoms with Gasteiger partial charge in [0.2, 0.25) is 15.9 Å². The van der Waals surface area contributed by atoms with Gasteiger partial charge in [-0.15, -0.1) is 0 Å². The predicted octanol–water partition coefficient (Wildman–Crippen LogP) is 0.191. The molecule has 9 nitrogen and oxygen atoms in total. The Morgan fingerprint density at radius 1 is 1.21 bits per heavy atom. The van der Waals surface area contributed by atoms with E-state index in [4.69, 9.17) is 4.74 Å². The zero-order valence-electron chi connectivity index (χ0n) is 17.1. The van der Waals surface area contributed by atoms with E-state index in [0.717, 1.165) is 5.56 Å². The lowest BCUT2D eigenvalue weighted by molar-refractivity contribution is -0.121. The minimum atomic E-state index is -3.59. The lowest BCUT2D eigenvalue weighted by Crippen LogP contribution is -2.48. The quantitative estimate of drug-likeness (QED) is 0.261. The van der Waals surface area contributed by atoms with Crippen molar-refractivity contribution in [1.29, 1.82) is 0 Å². The second kappa shape index (κ2) is 11.0. The first-order chi connectivity index (χ1) is 13.1. The summed E-state index contributed by atoms with van der Waals surface area (Å²) < 4.78 is 31.9. The van der Waals surface area contributed by atoms with Gasteiger partial charge in [0.15, 0.2) is 5.96 Å². The highest BCUT2D eigenvalue weighted by molar-refractivity contribution is 7.89. The molecule has 1 aromatic carbocycles. The third kappa shape index (κ3) is 9.16. The number of ether oxygens (including phenoxy) is 1. The summed E-state index contributed by atoms with van der Waals surface area (Å²) in [6.07, 6.45) is 0. The summed E-state index contributed by atoms with van der Waals surface area (Å²) in [6, 6.07) is 6.60. The molecule has 0 aliphatic heterocycles. The second-order valence-corrected chi connectivity index (χ2v) is 8.88. The Morgan fingerprint density at radius 3 is 2.54 bits per heavy atom. The Balaban J connectivity index is 2.62. The number of rotatable bonds is 9.